The van der Waals surface area contributed by atoms with Crippen LogP contribution < -0.4 is 0 Å². The Morgan fingerprint density at radius 2 is 2.33 bits per heavy atom. The van der Waals surface area contributed by atoms with Crippen LogP contribution in [-0.2, 0) is 6.54 Å². The molecule has 0 aromatic carbocycles. The Bertz CT molecular complexity index is 533. The Labute approximate surface area is 124 Å². The smallest absolute Gasteiger partial charge is 0.131 e. The van der Waals surface area contributed by atoms with Crippen molar-refractivity contribution in [2.24, 2.45) is 0 Å². The number of hydrogen-bond donors (Lipinski definition) is 1. The summed E-state index contributed by atoms with van der Waals surface area (Å²) in [5, 5.41) is 15.2. The highest BCUT2D eigenvalue weighted by Gasteiger charge is 2.21. The van der Waals surface area contributed by atoms with E-state index in [4.69, 9.17) is 11.6 Å². The van der Waals surface area contributed by atoms with Crippen molar-refractivity contribution in [3.05, 3.63) is 37.2 Å². The van der Waals surface area contributed by atoms with Gasteiger partial charge in [-0.1, -0.05) is 18.5 Å². The van der Waals surface area contributed by atoms with E-state index in [-0.39, 0.29) is 0 Å². The number of hydrogen-bond acceptors (Lipinski definition) is 3. The van der Waals surface area contributed by atoms with Crippen LogP contribution in [0.3, 0.4) is 0 Å². The molecule has 3 nitrogen and oxygen atoms in total. The van der Waals surface area contributed by atoms with E-state index in [1.807, 2.05) is 13.0 Å². The van der Waals surface area contributed by atoms with Crippen LogP contribution in [-0.4, -0.2) is 14.9 Å². The van der Waals surface area contributed by atoms with Crippen LogP contribution in [0.1, 0.15) is 35.6 Å². The molecule has 0 fully saturated rings. The zero-order valence-electron chi connectivity index (χ0n) is 10.2. The molecule has 0 saturated carbocycles. The molecule has 0 spiro atoms. The molecule has 0 bridgehead atoms. The third-order valence-electron chi connectivity index (χ3n) is 2.67. The molecular formula is C12H14BrClN2OS. The average Bonchev–Trinajstić information content (AvgIpc) is 2.84. The molecule has 2 aromatic heterocycles. The van der Waals surface area contributed by atoms with E-state index in [1.165, 1.54) is 11.3 Å². The lowest BCUT2D eigenvalue weighted by Crippen LogP contribution is -2.09. The molecule has 2 heterocycles. The van der Waals surface area contributed by atoms with Crippen LogP contribution in [0.5, 0.6) is 0 Å². The molecule has 0 radical (unpaired) electrons. The molecule has 1 unspecified atom stereocenters. The number of rotatable bonds is 4. The molecule has 2 aromatic rings. The van der Waals surface area contributed by atoms with Crippen molar-refractivity contribution in [3.63, 3.8) is 0 Å². The van der Waals surface area contributed by atoms with Gasteiger partial charge in [-0.3, -0.25) is 4.68 Å². The molecule has 18 heavy (non-hydrogen) atoms. The minimum absolute atomic E-state index is 0.512. The summed E-state index contributed by atoms with van der Waals surface area (Å²) in [4.78, 5) is 0.874. The maximum Gasteiger partial charge on any atom is 0.131 e. The minimum atomic E-state index is -0.721. The Morgan fingerprint density at radius 3 is 2.89 bits per heavy atom. The third kappa shape index (κ3) is 2.64. The molecule has 0 amide bonds. The van der Waals surface area contributed by atoms with Crippen molar-refractivity contribution in [1.29, 1.82) is 0 Å². The van der Waals surface area contributed by atoms with Gasteiger partial charge in [0.25, 0.3) is 0 Å². The highest BCUT2D eigenvalue weighted by atomic mass is 79.9. The highest BCUT2D eigenvalue weighted by Crippen LogP contribution is 2.36. The number of aliphatic hydroxyl groups is 1. The first kappa shape index (κ1) is 14.1. The van der Waals surface area contributed by atoms with Crippen molar-refractivity contribution in [2.75, 3.05) is 0 Å². The summed E-state index contributed by atoms with van der Waals surface area (Å²) in [6.45, 7) is 4.82. The molecule has 1 atom stereocenters. The van der Waals surface area contributed by atoms with Crippen LogP contribution in [0.15, 0.2) is 16.0 Å². The second-order valence-corrected chi connectivity index (χ2v) is 6.92. The summed E-state index contributed by atoms with van der Waals surface area (Å²) < 4.78 is 2.81. The molecule has 0 aliphatic rings. The molecule has 98 valence electrons. The SMILES string of the molecule is CCCn1ncc(Cl)c1C(O)c1cc(C)c(Br)s1. The molecular weight excluding hydrogens is 336 g/mol. The largest absolute Gasteiger partial charge is 0.381 e. The molecule has 1 N–H and O–H groups in total. The summed E-state index contributed by atoms with van der Waals surface area (Å²) in [6.07, 6.45) is 1.82. The summed E-state index contributed by atoms with van der Waals surface area (Å²) in [6, 6.07) is 1.97. The van der Waals surface area contributed by atoms with Crippen LogP contribution in [0.4, 0.5) is 0 Å². The first-order chi connectivity index (χ1) is 8.54. The zero-order chi connectivity index (χ0) is 13.3. The summed E-state index contributed by atoms with van der Waals surface area (Å²) >= 11 is 11.1. The van der Waals surface area contributed by atoms with Gasteiger partial charge in [0.2, 0.25) is 0 Å². The van der Waals surface area contributed by atoms with Crippen LogP contribution in [0, 0.1) is 6.92 Å². The van der Waals surface area contributed by atoms with Gasteiger partial charge in [-0.2, -0.15) is 5.10 Å². The van der Waals surface area contributed by atoms with Crippen LogP contribution in [0.25, 0.3) is 0 Å². The molecule has 0 aliphatic carbocycles. The number of aromatic nitrogens is 2. The summed E-state index contributed by atoms with van der Waals surface area (Å²) in [5.74, 6) is 0. The van der Waals surface area contributed by atoms with Gasteiger partial charge in [0.1, 0.15) is 6.10 Å². The lowest BCUT2D eigenvalue weighted by Gasteiger charge is -2.12. The molecule has 6 heteroatoms. The summed E-state index contributed by atoms with van der Waals surface area (Å²) in [7, 11) is 0. The van der Waals surface area contributed by atoms with Crippen molar-refractivity contribution < 1.29 is 5.11 Å². The fourth-order valence-corrected chi connectivity index (χ4v) is 3.59. The van der Waals surface area contributed by atoms with E-state index in [1.54, 1.807) is 10.9 Å². The number of aliphatic hydroxyl groups excluding tert-OH is 1. The van der Waals surface area contributed by atoms with E-state index in [0.29, 0.717) is 10.7 Å². The fraction of sp³-hybridized carbons (Fsp3) is 0.417. The Morgan fingerprint density at radius 1 is 1.61 bits per heavy atom. The Hall–Kier alpha value is -0.360. The Balaban J connectivity index is 2.38. The van der Waals surface area contributed by atoms with E-state index in [2.05, 4.69) is 28.0 Å². The lowest BCUT2D eigenvalue weighted by molar-refractivity contribution is 0.211. The topological polar surface area (TPSA) is 38.0 Å². The second kappa shape index (κ2) is 5.74. The van der Waals surface area contributed by atoms with Gasteiger partial charge in [0.05, 0.1) is 20.7 Å². The van der Waals surface area contributed by atoms with Crippen LogP contribution >= 0.6 is 38.9 Å². The molecule has 2 rings (SSSR count). The predicted octanol–water partition coefficient (Wildman–Crippen LogP) is 4.16. The van der Waals surface area contributed by atoms with Gasteiger partial charge < -0.3 is 5.11 Å². The fourth-order valence-electron chi connectivity index (χ4n) is 1.79. The van der Waals surface area contributed by atoms with Crippen molar-refractivity contribution >= 4 is 38.9 Å². The number of thiophene rings is 1. The normalized spacial score (nSPS) is 12.9. The van der Waals surface area contributed by atoms with E-state index in [9.17, 15) is 5.11 Å². The maximum atomic E-state index is 10.5. The monoisotopic (exact) mass is 348 g/mol. The first-order valence-electron chi connectivity index (χ1n) is 5.69. The predicted molar refractivity (Wildman–Crippen MR) is 78.3 cm³/mol. The highest BCUT2D eigenvalue weighted by molar-refractivity contribution is 9.11. The number of nitrogens with zero attached hydrogens (tertiary/aromatic N) is 2. The quantitative estimate of drug-likeness (QED) is 0.900. The third-order valence-corrected chi connectivity index (χ3v) is 5.15. The van der Waals surface area contributed by atoms with Gasteiger partial charge in [-0.25, -0.2) is 0 Å². The van der Waals surface area contributed by atoms with Crippen molar-refractivity contribution in [3.8, 4) is 0 Å². The molecule has 0 saturated heterocycles. The van der Waals surface area contributed by atoms with Gasteiger partial charge in [0.15, 0.2) is 0 Å². The Kier molecular flexibility index (Phi) is 4.48. The standard InChI is InChI=1S/C12H14BrClN2OS/c1-3-4-16-10(8(14)6-15-16)11(17)9-5-7(2)12(13)18-9/h5-6,11,17H,3-4H2,1-2H3. The van der Waals surface area contributed by atoms with Gasteiger partial charge in [-0.05, 0) is 40.9 Å². The van der Waals surface area contributed by atoms with Gasteiger partial charge >= 0.3 is 0 Å². The maximum absolute atomic E-state index is 10.5. The average molecular weight is 350 g/mol. The van der Waals surface area contributed by atoms with Crippen molar-refractivity contribution in [2.45, 2.75) is 32.9 Å². The lowest BCUT2D eigenvalue weighted by atomic mass is 10.2. The van der Waals surface area contributed by atoms with Gasteiger partial charge in [-0.15, -0.1) is 11.3 Å². The minimum Gasteiger partial charge on any atom is -0.381 e. The van der Waals surface area contributed by atoms with E-state index >= 15 is 0 Å². The van der Waals surface area contributed by atoms with E-state index < -0.39 is 6.10 Å². The van der Waals surface area contributed by atoms with Gasteiger partial charge in [0, 0.05) is 11.4 Å². The molecule has 0 aliphatic heterocycles. The second-order valence-electron chi connectivity index (χ2n) is 4.11. The van der Waals surface area contributed by atoms with Crippen LogP contribution in [0.2, 0.25) is 5.02 Å². The summed E-state index contributed by atoms with van der Waals surface area (Å²) in [5.41, 5.74) is 1.79. The number of halogens is 2. The number of aryl methyl sites for hydroxylation is 2. The van der Waals surface area contributed by atoms with E-state index in [0.717, 1.165) is 27.2 Å². The zero-order valence-corrected chi connectivity index (χ0v) is 13.3. The van der Waals surface area contributed by atoms with Crippen molar-refractivity contribution in [1.82, 2.24) is 9.78 Å². The first-order valence-corrected chi connectivity index (χ1v) is 7.68.